The largest absolute Gasteiger partial charge is 0.493 e. The molecular formula is C24H20O3. The molecule has 0 amide bonds. The number of methoxy groups -OCH3 is 2. The van der Waals surface area contributed by atoms with Crippen molar-refractivity contribution >= 4 is 10.8 Å². The Kier molecular flexibility index (Phi) is 4.67. The summed E-state index contributed by atoms with van der Waals surface area (Å²) in [7, 11) is 3.28. The van der Waals surface area contributed by atoms with E-state index < -0.39 is 0 Å². The first-order valence-electron chi connectivity index (χ1n) is 8.77. The van der Waals surface area contributed by atoms with E-state index in [1.165, 1.54) is 0 Å². The quantitative estimate of drug-likeness (QED) is 0.419. The predicted molar refractivity (Wildman–Crippen MR) is 109 cm³/mol. The Balaban J connectivity index is 1.91. The van der Waals surface area contributed by atoms with Gasteiger partial charge in [-0.15, -0.1) is 0 Å². The molecule has 0 bridgehead atoms. The number of para-hydroxylation sites is 1. The van der Waals surface area contributed by atoms with E-state index in [4.69, 9.17) is 14.2 Å². The number of benzene rings is 4. The van der Waals surface area contributed by atoms with Crippen LogP contribution in [-0.4, -0.2) is 14.2 Å². The van der Waals surface area contributed by atoms with E-state index in [-0.39, 0.29) is 0 Å². The van der Waals surface area contributed by atoms with Crippen molar-refractivity contribution in [3.63, 3.8) is 0 Å². The van der Waals surface area contributed by atoms with Gasteiger partial charge in [0, 0.05) is 10.9 Å². The van der Waals surface area contributed by atoms with Gasteiger partial charge < -0.3 is 14.2 Å². The monoisotopic (exact) mass is 356 g/mol. The van der Waals surface area contributed by atoms with Gasteiger partial charge in [0.2, 0.25) is 0 Å². The molecule has 0 aliphatic rings. The molecular weight excluding hydrogens is 336 g/mol. The van der Waals surface area contributed by atoms with E-state index >= 15 is 0 Å². The lowest BCUT2D eigenvalue weighted by molar-refractivity contribution is 0.355. The normalized spacial score (nSPS) is 10.6. The second-order valence-corrected chi connectivity index (χ2v) is 6.15. The summed E-state index contributed by atoms with van der Waals surface area (Å²) < 4.78 is 17.2. The van der Waals surface area contributed by atoms with Crippen molar-refractivity contribution in [1.29, 1.82) is 0 Å². The first-order chi connectivity index (χ1) is 13.3. The Morgan fingerprint density at radius 1 is 0.630 bits per heavy atom. The van der Waals surface area contributed by atoms with Crippen LogP contribution in [0, 0.1) is 0 Å². The third-order valence-corrected chi connectivity index (χ3v) is 4.54. The summed E-state index contributed by atoms with van der Waals surface area (Å²) in [6, 6.07) is 28.2. The topological polar surface area (TPSA) is 27.7 Å². The summed E-state index contributed by atoms with van der Waals surface area (Å²) in [5, 5.41) is 2.20. The zero-order valence-electron chi connectivity index (χ0n) is 15.3. The van der Waals surface area contributed by atoms with Crippen LogP contribution in [0.25, 0.3) is 21.9 Å². The highest BCUT2D eigenvalue weighted by atomic mass is 16.5. The van der Waals surface area contributed by atoms with E-state index in [1.807, 2.05) is 60.7 Å². The third kappa shape index (κ3) is 3.32. The fourth-order valence-corrected chi connectivity index (χ4v) is 3.19. The van der Waals surface area contributed by atoms with Gasteiger partial charge in [0.25, 0.3) is 0 Å². The second-order valence-electron chi connectivity index (χ2n) is 6.15. The minimum Gasteiger partial charge on any atom is -0.493 e. The van der Waals surface area contributed by atoms with Gasteiger partial charge >= 0.3 is 0 Å². The van der Waals surface area contributed by atoms with Gasteiger partial charge in [-0.2, -0.15) is 0 Å². The molecule has 0 atom stereocenters. The highest BCUT2D eigenvalue weighted by molar-refractivity contribution is 5.95. The molecule has 0 saturated heterocycles. The molecule has 134 valence electrons. The van der Waals surface area contributed by atoms with Crippen LogP contribution in [0.3, 0.4) is 0 Å². The van der Waals surface area contributed by atoms with Crippen molar-refractivity contribution in [3.8, 4) is 34.1 Å². The van der Waals surface area contributed by atoms with Crippen molar-refractivity contribution in [3.05, 3.63) is 84.9 Å². The molecule has 0 unspecified atom stereocenters. The van der Waals surface area contributed by atoms with Gasteiger partial charge in [-0.25, -0.2) is 0 Å². The summed E-state index contributed by atoms with van der Waals surface area (Å²) in [5.74, 6) is 3.02. The molecule has 4 aromatic rings. The standard InChI is InChI=1S/C24H20O3/c1-25-22-15-13-18(16-23(22)26-2)21-14-12-17-8-6-7-11-20(17)24(21)27-19-9-4-3-5-10-19/h3-16H,1-2H3. The maximum Gasteiger partial charge on any atom is 0.161 e. The molecule has 0 spiro atoms. The van der Waals surface area contributed by atoms with Gasteiger partial charge in [-0.05, 0) is 41.3 Å². The number of rotatable bonds is 5. The molecule has 0 aliphatic heterocycles. The van der Waals surface area contributed by atoms with Crippen molar-refractivity contribution in [2.24, 2.45) is 0 Å². The Hall–Kier alpha value is -3.46. The number of hydrogen-bond acceptors (Lipinski definition) is 3. The van der Waals surface area contributed by atoms with Gasteiger partial charge in [-0.1, -0.05) is 54.6 Å². The van der Waals surface area contributed by atoms with E-state index in [0.29, 0.717) is 11.5 Å². The van der Waals surface area contributed by atoms with Gasteiger partial charge in [0.1, 0.15) is 11.5 Å². The first kappa shape index (κ1) is 17.0. The van der Waals surface area contributed by atoms with Crippen molar-refractivity contribution in [2.45, 2.75) is 0 Å². The average molecular weight is 356 g/mol. The molecule has 3 heteroatoms. The summed E-state index contributed by atoms with van der Waals surface area (Å²) in [6.45, 7) is 0. The number of fused-ring (bicyclic) bond motifs is 1. The Bertz CT molecular complexity index is 1070. The lowest BCUT2D eigenvalue weighted by atomic mass is 9.99. The van der Waals surface area contributed by atoms with Crippen LogP contribution in [0.1, 0.15) is 0 Å². The minimum absolute atomic E-state index is 0.689. The molecule has 0 N–H and O–H groups in total. The molecule has 0 saturated carbocycles. The Morgan fingerprint density at radius 2 is 1.37 bits per heavy atom. The highest BCUT2D eigenvalue weighted by Crippen LogP contribution is 2.41. The lowest BCUT2D eigenvalue weighted by Crippen LogP contribution is -1.93. The second kappa shape index (κ2) is 7.42. The first-order valence-corrected chi connectivity index (χ1v) is 8.77. The SMILES string of the molecule is COc1ccc(-c2ccc3ccccc3c2Oc2ccccc2)cc1OC. The van der Waals surface area contributed by atoms with Crippen LogP contribution < -0.4 is 14.2 Å². The molecule has 0 aromatic heterocycles. The van der Waals surface area contributed by atoms with Crippen molar-refractivity contribution in [1.82, 2.24) is 0 Å². The van der Waals surface area contributed by atoms with E-state index in [0.717, 1.165) is 33.4 Å². The maximum absolute atomic E-state index is 6.34. The van der Waals surface area contributed by atoms with Gasteiger partial charge in [0.05, 0.1) is 14.2 Å². The van der Waals surface area contributed by atoms with Crippen LogP contribution in [-0.2, 0) is 0 Å². The predicted octanol–water partition coefficient (Wildman–Crippen LogP) is 6.32. The maximum atomic E-state index is 6.34. The highest BCUT2D eigenvalue weighted by Gasteiger charge is 2.14. The molecule has 4 aromatic carbocycles. The molecule has 27 heavy (non-hydrogen) atoms. The molecule has 0 radical (unpaired) electrons. The summed E-state index contributed by atoms with van der Waals surface area (Å²) in [5.41, 5.74) is 2.00. The van der Waals surface area contributed by atoms with Crippen LogP contribution >= 0.6 is 0 Å². The summed E-state index contributed by atoms with van der Waals surface area (Å²) >= 11 is 0. The van der Waals surface area contributed by atoms with E-state index in [1.54, 1.807) is 14.2 Å². The smallest absolute Gasteiger partial charge is 0.161 e. The fourth-order valence-electron chi connectivity index (χ4n) is 3.19. The average Bonchev–Trinajstić information content (AvgIpc) is 2.74. The number of hydrogen-bond donors (Lipinski definition) is 0. The van der Waals surface area contributed by atoms with E-state index in [9.17, 15) is 0 Å². The Labute approximate surface area is 158 Å². The molecule has 0 heterocycles. The Morgan fingerprint density at radius 3 is 2.15 bits per heavy atom. The molecule has 3 nitrogen and oxygen atoms in total. The van der Waals surface area contributed by atoms with Gasteiger partial charge in [0.15, 0.2) is 11.5 Å². The van der Waals surface area contributed by atoms with Crippen molar-refractivity contribution < 1.29 is 14.2 Å². The zero-order valence-corrected chi connectivity index (χ0v) is 15.3. The number of ether oxygens (including phenoxy) is 3. The molecule has 4 rings (SSSR count). The van der Waals surface area contributed by atoms with Crippen LogP contribution in [0.5, 0.6) is 23.0 Å². The van der Waals surface area contributed by atoms with E-state index in [2.05, 4.69) is 24.3 Å². The van der Waals surface area contributed by atoms with Crippen LogP contribution in [0.2, 0.25) is 0 Å². The molecule has 0 fully saturated rings. The van der Waals surface area contributed by atoms with Crippen LogP contribution in [0.15, 0.2) is 84.9 Å². The lowest BCUT2D eigenvalue weighted by Gasteiger charge is -2.16. The zero-order chi connectivity index (χ0) is 18.6. The molecule has 0 aliphatic carbocycles. The van der Waals surface area contributed by atoms with Crippen molar-refractivity contribution in [2.75, 3.05) is 14.2 Å². The summed E-state index contributed by atoms with van der Waals surface area (Å²) in [6.07, 6.45) is 0. The fraction of sp³-hybridized carbons (Fsp3) is 0.0833. The summed E-state index contributed by atoms with van der Waals surface area (Å²) in [4.78, 5) is 0. The minimum atomic E-state index is 0.689. The van der Waals surface area contributed by atoms with Gasteiger partial charge in [-0.3, -0.25) is 0 Å². The third-order valence-electron chi connectivity index (χ3n) is 4.54. The van der Waals surface area contributed by atoms with Crippen LogP contribution in [0.4, 0.5) is 0 Å².